The monoisotopic (exact) mass is 415 g/mol. The molecular formula is C18H17F4N3O4. The van der Waals surface area contributed by atoms with Gasteiger partial charge in [-0.25, -0.2) is 9.37 Å². The van der Waals surface area contributed by atoms with Crippen molar-refractivity contribution in [2.24, 2.45) is 0 Å². The van der Waals surface area contributed by atoms with E-state index in [1.807, 2.05) is 0 Å². The van der Waals surface area contributed by atoms with Gasteiger partial charge in [-0.05, 0) is 31.2 Å². The van der Waals surface area contributed by atoms with Crippen molar-refractivity contribution in [2.45, 2.75) is 20.2 Å². The maximum absolute atomic E-state index is 13.6. The number of nitrogens with one attached hydrogen (secondary N) is 2. The summed E-state index contributed by atoms with van der Waals surface area (Å²) in [5, 5.41) is 5.05. The number of aromatic nitrogens is 1. The fourth-order valence-corrected chi connectivity index (χ4v) is 2.26. The van der Waals surface area contributed by atoms with Gasteiger partial charge in [-0.3, -0.25) is 9.59 Å². The Kier molecular flexibility index (Phi) is 6.97. The van der Waals surface area contributed by atoms with E-state index in [9.17, 15) is 27.2 Å². The molecule has 0 aliphatic heterocycles. The fourth-order valence-electron chi connectivity index (χ4n) is 2.26. The summed E-state index contributed by atoms with van der Waals surface area (Å²) in [6.07, 6.45) is -5.00. The Hall–Kier alpha value is -3.37. The zero-order valence-electron chi connectivity index (χ0n) is 15.4. The molecule has 0 saturated heterocycles. The molecule has 2 amide bonds. The van der Waals surface area contributed by atoms with Crippen molar-refractivity contribution in [3.63, 3.8) is 0 Å². The van der Waals surface area contributed by atoms with Crippen molar-refractivity contribution in [3.8, 4) is 11.5 Å². The van der Waals surface area contributed by atoms with Crippen LogP contribution in [0.4, 0.5) is 23.4 Å². The summed E-state index contributed by atoms with van der Waals surface area (Å²) in [6, 6.07) is 5.57. The molecule has 156 valence electrons. The number of carbonyl (C=O) groups excluding carboxylic acids is 2. The molecule has 0 atom stereocenters. The number of benzene rings is 1. The average Bonchev–Trinajstić information content (AvgIpc) is 2.58. The third kappa shape index (κ3) is 7.28. The molecule has 0 bridgehead atoms. The fraction of sp³-hybridized carbons (Fsp3) is 0.278. The van der Waals surface area contributed by atoms with Crippen LogP contribution in [0.25, 0.3) is 0 Å². The van der Waals surface area contributed by atoms with Crippen LogP contribution in [0.2, 0.25) is 0 Å². The van der Waals surface area contributed by atoms with E-state index in [0.29, 0.717) is 5.69 Å². The Labute approximate surface area is 163 Å². The SMILES string of the molecule is CC(=O)Nc1cc(C(=O)NCCOc2ccc(OC(F)(F)F)c(F)c2)cc(C)n1. The molecule has 2 rings (SSSR count). The van der Waals surface area contributed by atoms with E-state index < -0.39 is 23.8 Å². The van der Waals surface area contributed by atoms with Crippen molar-refractivity contribution >= 4 is 17.6 Å². The van der Waals surface area contributed by atoms with Crippen LogP contribution < -0.4 is 20.1 Å². The van der Waals surface area contributed by atoms with Crippen molar-refractivity contribution in [1.82, 2.24) is 10.3 Å². The first-order valence-electron chi connectivity index (χ1n) is 8.26. The van der Waals surface area contributed by atoms with Gasteiger partial charge in [-0.1, -0.05) is 0 Å². The van der Waals surface area contributed by atoms with E-state index in [2.05, 4.69) is 20.4 Å². The normalized spacial score (nSPS) is 11.0. The first kappa shape index (κ1) is 21.9. The molecule has 0 fully saturated rings. The number of amides is 2. The van der Waals surface area contributed by atoms with Crippen LogP contribution in [-0.4, -0.2) is 36.3 Å². The number of ether oxygens (including phenoxy) is 2. The Morgan fingerprint density at radius 1 is 1.17 bits per heavy atom. The summed E-state index contributed by atoms with van der Waals surface area (Å²) in [7, 11) is 0. The smallest absolute Gasteiger partial charge is 0.492 e. The highest BCUT2D eigenvalue weighted by Crippen LogP contribution is 2.28. The topological polar surface area (TPSA) is 89.6 Å². The van der Waals surface area contributed by atoms with Gasteiger partial charge in [0.15, 0.2) is 11.6 Å². The summed E-state index contributed by atoms with van der Waals surface area (Å²) in [5.41, 5.74) is 0.787. The lowest BCUT2D eigenvalue weighted by Crippen LogP contribution is -2.28. The van der Waals surface area contributed by atoms with Gasteiger partial charge in [0, 0.05) is 24.2 Å². The predicted molar refractivity (Wildman–Crippen MR) is 94.2 cm³/mol. The van der Waals surface area contributed by atoms with E-state index in [1.165, 1.54) is 19.1 Å². The van der Waals surface area contributed by atoms with Crippen molar-refractivity contribution < 1.29 is 36.6 Å². The van der Waals surface area contributed by atoms with E-state index in [-0.39, 0.29) is 36.2 Å². The highest BCUT2D eigenvalue weighted by Gasteiger charge is 2.32. The predicted octanol–water partition coefficient (Wildman–Crippen LogP) is 3.19. The molecule has 2 N–H and O–H groups in total. The van der Waals surface area contributed by atoms with Gasteiger partial charge in [0.25, 0.3) is 5.91 Å². The van der Waals surface area contributed by atoms with Gasteiger partial charge in [-0.2, -0.15) is 0 Å². The van der Waals surface area contributed by atoms with Gasteiger partial charge in [0.05, 0.1) is 6.54 Å². The second-order valence-electron chi connectivity index (χ2n) is 5.81. The highest BCUT2D eigenvalue weighted by atomic mass is 19.4. The Bertz CT molecular complexity index is 903. The van der Waals surface area contributed by atoms with E-state index >= 15 is 0 Å². The molecule has 2 aromatic rings. The molecule has 1 aromatic heterocycles. The molecule has 7 nitrogen and oxygen atoms in total. The van der Waals surface area contributed by atoms with Crippen LogP contribution in [-0.2, 0) is 4.79 Å². The first-order valence-corrected chi connectivity index (χ1v) is 8.26. The third-order valence-corrected chi connectivity index (χ3v) is 3.31. The molecule has 1 aromatic carbocycles. The number of anilines is 1. The van der Waals surface area contributed by atoms with Crippen LogP contribution in [0.1, 0.15) is 23.0 Å². The molecule has 0 saturated carbocycles. The average molecular weight is 415 g/mol. The second-order valence-corrected chi connectivity index (χ2v) is 5.81. The van der Waals surface area contributed by atoms with Crippen molar-refractivity contribution in [2.75, 3.05) is 18.5 Å². The summed E-state index contributed by atoms with van der Waals surface area (Å²) in [4.78, 5) is 27.4. The molecule has 0 radical (unpaired) electrons. The minimum Gasteiger partial charge on any atom is -0.492 e. The third-order valence-electron chi connectivity index (χ3n) is 3.31. The quantitative estimate of drug-likeness (QED) is 0.536. The van der Waals surface area contributed by atoms with Crippen LogP contribution in [0, 0.1) is 12.7 Å². The van der Waals surface area contributed by atoms with Crippen molar-refractivity contribution in [1.29, 1.82) is 0 Å². The molecular weight excluding hydrogens is 398 g/mol. The zero-order chi connectivity index (χ0) is 21.6. The molecule has 29 heavy (non-hydrogen) atoms. The molecule has 0 spiro atoms. The summed E-state index contributed by atoms with van der Waals surface area (Å²) in [5.74, 6) is -2.79. The van der Waals surface area contributed by atoms with E-state index in [0.717, 1.165) is 18.2 Å². The lowest BCUT2D eigenvalue weighted by molar-refractivity contribution is -0.275. The Morgan fingerprint density at radius 3 is 2.52 bits per heavy atom. The highest BCUT2D eigenvalue weighted by molar-refractivity contribution is 5.96. The summed E-state index contributed by atoms with van der Waals surface area (Å²) >= 11 is 0. The number of rotatable bonds is 7. The summed E-state index contributed by atoms with van der Waals surface area (Å²) in [6.45, 7) is 2.95. The van der Waals surface area contributed by atoms with Crippen LogP contribution >= 0.6 is 0 Å². The molecule has 11 heteroatoms. The van der Waals surface area contributed by atoms with Crippen molar-refractivity contribution in [3.05, 3.63) is 47.4 Å². The number of aryl methyl sites for hydroxylation is 1. The zero-order valence-corrected chi connectivity index (χ0v) is 15.4. The summed E-state index contributed by atoms with van der Waals surface area (Å²) < 4.78 is 58.6. The van der Waals surface area contributed by atoms with Gasteiger partial charge in [0.1, 0.15) is 18.2 Å². The first-order chi connectivity index (χ1) is 13.5. The number of halogens is 4. The largest absolute Gasteiger partial charge is 0.573 e. The number of carbonyl (C=O) groups is 2. The van der Waals surface area contributed by atoms with Gasteiger partial charge in [-0.15, -0.1) is 13.2 Å². The molecule has 0 unspecified atom stereocenters. The van der Waals surface area contributed by atoms with Gasteiger partial charge in [0.2, 0.25) is 5.91 Å². The Morgan fingerprint density at radius 2 is 1.90 bits per heavy atom. The minimum atomic E-state index is -5.00. The number of nitrogens with zero attached hydrogens (tertiary/aromatic N) is 1. The molecule has 0 aliphatic carbocycles. The van der Waals surface area contributed by atoms with Crippen LogP contribution in [0.3, 0.4) is 0 Å². The van der Waals surface area contributed by atoms with Gasteiger partial charge >= 0.3 is 6.36 Å². The van der Waals surface area contributed by atoms with E-state index in [4.69, 9.17) is 4.74 Å². The second kappa shape index (κ2) is 9.22. The maximum Gasteiger partial charge on any atom is 0.573 e. The molecule has 0 aliphatic rings. The van der Waals surface area contributed by atoms with E-state index in [1.54, 1.807) is 6.92 Å². The van der Waals surface area contributed by atoms with Crippen LogP contribution in [0.15, 0.2) is 30.3 Å². The molecule has 1 heterocycles. The minimum absolute atomic E-state index is 0.0287. The lowest BCUT2D eigenvalue weighted by Gasteiger charge is -2.12. The Balaban J connectivity index is 1.87. The number of hydrogen-bond acceptors (Lipinski definition) is 5. The lowest BCUT2D eigenvalue weighted by atomic mass is 10.2. The number of pyridine rings is 1. The maximum atomic E-state index is 13.6. The van der Waals surface area contributed by atoms with Gasteiger partial charge < -0.3 is 20.1 Å². The number of hydrogen-bond donors (Lipinski definition) is 2. The van der Waals surface area contributed by atoms with Crippen LogP contribution in [0.5, 0.6) is 11.5 Å². The number of alkyl halides is 3. The standard InChI is InChI=1S/C18H17F4N3O4/c1-10-7-12(8-16(24-10)25-11(2)26)17(27)23-5-6-28-13-3-4-15(14(19)9-13)29-18(20,21)22/h3-4,7-9H,5-6H2,1-2H3,(H,23,27)(H,24,25,26).